The van der Waals surface area contributed by atoms with Crippen molar-refractivity contribution in [1.82, 2.24) is 24.6 Å². The molecule has 9 nitrogen and oxygen atoms in total. The number of anilines is 1. The second-order valence-corrected chi connectivity index (χ2v) is 14.2. The fourth-order valence-corrected chi connectivity index (χ4v) is 7.41. The molecule has 0 spiro atoms. The highest BCUT2D eigenvalue weighted by molar-refractivity contribution is 6.00. The lowest BCUT2D eigenvalue weighted by Gasteiger charge is -2.45. The normalized spacial score (nSPS) is 19.4. The van der Waals surface area contributed by atoms with Crippen molar-refractivity contribution in [2.75, 3.05) is 31.6 Å². The number of benzene rings is 2. The van der Waals surface area contributed by atoms with Gasteiger partial charge in [-0.2, -0.15) is 5.10 Å². The molecule has 0 N–H and O–H groups in total. The van der Waals surface area contributed by atoms with E-state index in [-0.39, 0.29) is 35.5 Å². The number of Topliss-reactive ketones (excluding diaryl/α,β-unsaturated/α-hetero) is 1. The van der Waals surface area contributed by atoms with E-state index in [0.29, 0.717) is 25.3 Å². The van der Waals surface area contributed by atoms with E-state index in [9.17, 15) is 9.59 Å². The number of carbonyl (C=O) groups excluding carboxylic acids is 2. The number of piperidine rings is 1. The van der Waals surface area contributed by atoms with Gasteiger partial charge in [0, 0.05) is 61.0 Å². The summed E-state index contributed by atoms with van der Waals surface area (Å²) in [7, 11) is 1.79. The molecule has 9 heteroatoms. The lowest BCUT2D eigenvalue weighted by Crippen LogP contribution is -2.50. The Morgan fingerprint density at radius 1 is 0.978 bits per heavy atom. The van der Waals surface area contributed by atoms with Crippen LogP contribution in [0.4, 0.5) is 5.82 Å². The first-order chi connectivity index (χ1) is 22.0. The van der Waals surface area contributed by atoms with Crippen LogP contribution in [-0.4, -0.2) is 69.2 Å². The monoisotopic (exact) mass is 620 g/mol. The van der Waals surface area contributed by atoms with Crippen LogP contribution in [0.3, 0.4) is 0 Å². The summed E-state index contributed by atoms with van der Waals surface area (Å²) in [4.78, 5) is 40.6. The smallest absolute Gasteiger partial charge is 0.230 e. The van der Waals surface area contributed by atoms with Crippen molar-refractivity contribution in [2.24, 2.45) is 11.3 Å². The maximum absolute atomic E-state index is 13.3. The van der Waals surface area contributed by atoms with Gasteiger partial charge in [0.2, 0.25) is 5.91 Å². The molecule has 1 saturated carbocycles. The summed E-state index contributed by atoms with van der Waals surface area (Å²) in [6.07, 6.45) is 3.48. The number of hydrogen-bond acceptors (Lipinski definition) is 7. The van der Waals surface area contributed by atoms with Crippen LogP contribution in [0.15, 0.2) is 36.4 Å². The average molecular weight is 621 g/mol. The summed E-state index contributed by atoms with van der Waals surface area (Å²) in [5.41, 5.74) is 8.13. The van der Waals surface area contributed by atoms with Gasteiger partial charge in [-0.3, -0.25) is 9.59 Å². The number of rotatable bonds is 7. The van der Waals surface area contributed by atoms with Crippen molar-refractivity contribution in [3.8, 4) is 17.1 Å². The van der Waals surface area contributed by atoms with Gasteiger partial charge in [0.1, 0.15) is 11.6 Å². The Kier molecular flexibility index (Phi) is 7.70. The van der Waals surface area contributed by atoms with E-state index in [2.05, 4.69) is 75.9 Å². The SMILES string of the molecule is COC1CCN(c2nc(-c3c(C)ccc4c3c(C)nn4-c3ccc(C)cc3)nc3c2CN(C(=O)CC(=O)C2CC2)CC3)CC1(C)C. The molecule has 2 aromatic carbocycles. The number of hydrogen-bond donors (Lipinski definition) is 0. The zero-order valence-electron chi connectivity index (χ0n) is 27.9. The van der Waals surface area contributed by atoms with Gasteiger partial charge >= 0.3 is 0 Å². The van der Waals surface area contributed by atoms with E-state index in [1.54, 1.807) is 7.11 Å². The molecular formula is C37H44N6O3. The topological polar surface area (TPSA) is 93.4 Å². The molecule has 46 heavy (non-hydrogen) atoms. The minimum Gasteiger partial charge on any atom is -0.381 e. The highest BCUT2D eigenvalue weighted by Gasteiger charge is 2.39. The second-order valence-electron chi connectivity index (χ2n) is 14.2. The maximum Gasteiger partial charge on any atom is 0.230 e. The van der Waals surface area contributed by atoms with Gasteiger partial charge in [0.05, 0.1) is 41.7 Å². The Hall–Kier alpha value is -4.11. The van der Waals surface area contributed by atoms with E-state index >= 15 is 0 Å². The molecule has 240 valence electrons. The molecular weight excluding hydrogens is 576 g/mol. The molecule has 0 bridgehead atoms. The fourth-order valence-electron chi connectivity index (χ4n) is 7.41. The summed E-state index contributed by atoms with van der Waals surface area (Å²) >= 11 is 0. The van der Waals surface area contributed by atoms with Gasteiger partial charge in [-0.25, -0.2) is 14.6 Å². The van der Waals surface area contributed by atoms with Gasteiger partial charge in [-0.05, 0) is 63.8 Å². The van der Waals surface area contributed by atoms with E-state index in [4.69, 9.17) is 19.8 Å². The molecule has 4 aromatic rings. The number of amides is 1. The molecule has 1 amide bonds. The Morgan fingerprint density at radius 2 is 1.74 bits per heavy atom. The van der Waals surface area contributed by atoms with Gasteiger partial charge in [0.25, 0.3) is 0 Å². The predicted molar refractivity (Wildman–Crippen MR) is 179 cm³/mol. The fraction of sp³-hybridized carbons (Fsp3) is 0.486. The first kappa shape index (κ1) is 30.5. The molecule has 1 saturated heterocycles. The van der Waals surface area contributed by atoms with E-state index in [1.165, 1.54) is 5.56 Å². The zero-order valence-corrected chi connectivity index (χ0v) is 27.9. The summed E-state index contributed by atoms with van der Waals surface area (Å²) in [6.45, 7) is 13.3. The number of carbonyl (C=O) groups is 2. The number of fused-ring (bicyclic) bond motifs is 2. The molecule has 0 radical (unpaired) electrons. The largest absolute Gasteiger partial charge is 0.381 e. The van der Waals surface area contributed by atoms with Gasteiger partial charge in [-0.1, -0.05) is 37.6 Å². The molecule has 1 unspecified atom stereocenters. The highest BCUT2D eigenvalue weighted by atomic mass is 16.5. The van der Waals surface area contributed by atoms with Crippen LogP contribution in [-0.2, 0) is 27.3 Å². The number of aryl methyl sites for hydroxylation is 3. The van der Waals surface area contributed by atoms with Crippen LogP contribution in [0.2, 0.25) is 0 Å². The highest BCUT2D eigenvalue weighted by Crippen LogP contribution is 2.40. The first-order valence-corrected chi connectivity index (χ1v) is 16.6. The molecule has 2 fully saturated rings. The number of aromatic nitrogens is 4. The second kappa shape index (κ2) is 11.6. The number of ketones is 1. The number of ether oxygens (including phenoxy) is 1. The summed E-state index contributed by atoms with van der Waals surface area (Å²) in [6, 6.07) is 12.7. The van der Waals surface area contributed by atoms with Crippen molar-refractivity contribution >= 4 is 28.4 Å². The van der Waals surface area contributed by atoms with Gasteiger partial charge in [0.15, 0.2) is 5.82 Å². The average Bonchev–Trinajstić information content (AvgIpc) is 3.84. The Bertz CT molecular complexity index is 1840. The molecule has 7 rings (SSSR count). The molecule has 1 aliphatic carbocycles. The quantitative estimate of drug-likeness (QED) is 0.237. The predicted octanol–water partition coefficient (Wildman–Crippen LogP) is 5.91. The maximum atomic E-state index is 13.3. The lowest BCUT2D eigenvalue weighted by molar-refractivity contribution is -0.136. The lowest BCUT2D eigenvalue weighted by atomic mass is 9.81. The van der Waals surface area contributed by atoms with Crippen molar-refractivity contribution in [1.29, 1.82) is 0 Å². The Balaban J connectivity index is 1.33. The van der Waals surface area contributed by atoms with E-state index < -0.39 is 0 Å². The Labute approximate surface area is 271 Å². The third kappa shape index (κ3) is 5.48. The first-order valence-electron chi connectivity index (χ1n) is 16.6. The van der Waals surface area contributed by atoms with Crippen LogP contribution in [0.1, 0.15) is 67.6 Å². The van der Waals surface area contributed by atoms with Crippen molar-refractivity contribution in [3.63, 3.8) is 0 Å². The van der Waals surface area contributed by atoms with E-state index in [0.717, 1.165) is 82.8 Å². The molecule has 2 aromatic heterocycles. The van der Waals surface area contributed by atoms with Crippen LogP contribution in [0, 0.1) is 32.1 Å². The molecule has 2 aliphatic heterocycles. The molecule has 3 aliphatic rings. The number of methoxy groups -OCH3 is 1. The van der Waals surface area contributed by atoms with E-state index in [1.807, 2.05) is 9.58 Å². The van der Waals surface area contributed by atoms with Crippen LogP contribution in [0.25, 0.3) is 28.0 Å². The van der Waals surface area contributed by atoms with Crippen LogP contribution >= 0.6 is 0 Å². The third-order valence-electron chi connectivity index (χ3n) is 10.2. The van der Waals surface area contributed by atoms with Crippen LogP contribution in [0.5, 0.6) is 0 Å². The minimum absolute atomic E-state index is 0.00796. The van der Waals surface area contributed by atoms with Crippen molar-refractivity contribution < 1.29 is 14.3 Å². The van der Waals surface area contributed by atoms with Crippen molar-refractivity contribution in [2.45, 2.75) is 79.4 Å². The van der Waals surface area contributed by atoms with Gasteiger partial charge in [-0.15, -0.1) is 0 Å². The molecule has 4 heterocycles. The molecule has 1 atom stereocenters. The Morgan fingerprint density at radius 3 is 2.43 bits per heavy atom. The van der Waals surface area contributed by atoms with Crippen molar-refractivity contribution in [3.05, 3.63) is 64.5 Å². The summed E-state index contributed by atoms with van der Waals surface area (Å²) in [5, 5.41) is 6.04. The third-order valence-corrected chi connectivity index (χ3v) is 10.2. The summed E-state index contributed by atoms with van der Waals surface area (Å²) in [5.74, 6) is 1.65. The zero-order chi connectivity index (χ0) is 32.3. The van der Waals surface area contributed by atoms with Crippen LogP contribution < -0.4 is 4.90 Å². The van der Waals surface area contributed by atoms with Gasteiger partial charge < -0.3 is 14.5 Å². The number of nitrogens with zero attached hydrogens (tertiary/aromatic N) is 6. The minimum atomic E-state index is -0.0897. The summed E-state index contributed by atoms with van der Waals surface area (Å²) < 4.78 is 7.89. The standard InChI is InChI=1S/C37H44N6O3/c1-22-7-12-26(13-8-22)43-29-14-9-23(2)33(34(29)24(3)40-43)35-38-28-15-17-41(32(45)19-30(44)25-10-11-25)20-27(28)36(39-35)42-18-16-31(46-6)37(4,5)21-42/h7-9,12-14,25,31H,10-11,15-21H2,1-6H3.